The first kappa shape index (κ1) is 14.7. The maximum absolute atomic E-state index is 13.5. The van der Waals surface area contributed by atoms with E-state index in [1.54, 1.807) is 7.05 Å². The smallest absolute Gasteiger partial charge is 0.296 e. The quantitative estimate of drug-likeness (QED) is 0.808. The molecule has 2 aromatic heterocycles. The second-order valence-corrected chi connectivity index (χ2v) is 5.79. The van der Waals surface area contributed by atoms with Crippen LogP contribution < -0.4 is 0 Å². The first-order valence-electron chi connectivity index (χ1n) is 6.92. The van der Waals surface area contributed by atoms with Gasteiger partial charge >= 0.3 is 6.18 Å². The number of aromatic nitrogens is 4. The van der Waals surface area contributed by atoms with E-state index in [9.17, 15) is 13.2 Å². The minimum absolute atomic E-state index is 0.0436. The van der Waals surface area contributed by atoms with E-state index in [1.165, 1.54) is 9.25 Å². The zero-order valence-electron chi connectivity index (χ0n) is 11.8. The van der Waals surface area contributed by atoms with Gasteiger partial charge in [0.15, 0.2) is 5.65 Å². The van der Waals surface area contributed by atoms with Crippen LogP contribution in [-0.2, 0) is 24.9 Å². The Hall–Kier alpha value is -1.24. The minimum Gasteiger partial charge on any atom is -0.296 e. The molecule has 0 radical (unpaired) electrons. The summed E-state index contributed by atoms with van der Waals surface area (Å²) in [5.41, 5.74) is -0.156. The number of imidazole rings is 1. The van der Waals surface area contributed by atoms with E-state index in [-0.39, 0.29) is 24.5 Å². The predicted octanol–water partition coefficient (Wildman–Crippen LogP) is 3.51. The predicted molar refractivity (Wildman–Crippen MR) is 73.3 cm³/mol. The van der Waals surface area contributed by atoms with Gasteiger partial charge in [-0.15, -0.1) is 11.6 Å². The molecule has 3 rings (SSSR count). The van der Waals surface area contributed by atoms with Crippen molar-refractivity contribution in [1.82, 2.24) is 19.3 Å². The third kappa shape index (κ3) is 1.97. The Kier molecular flexibility index (Phi) is 3.24. The van der Waals surface area contributed by atoms with E-state index < -0.39 is 11.7 Å². The zero-order chi connectivity index (χ0) is 15.4. The van der Waals surface area contributed by atoms with Crippen LogP contribution in [0.2, 0.25) is 0 Å². The molecule has 0 unspecified atom stereocenters. The maximum atomic E-state index is 13.5. The molecule has 0 saturated heterocycles. The molecule has 2 aromatic rings. The van der Waals surface area contributed by atoms with Gasteiger partial charge in [0.1, 0.15) is 16.9 Å². The van der Waals surface area contributed by atoms with Gasteiger partial charge in [-0.2, -0.15) is 18.3 Å². The second-order valence-electron chi connectivity index (χ2n) is 5.52. The van der Waals surface area contributed by atoms with Crippen molar-refractivity contribution >= 4 is 22.8 Å². The molecule has 0 atom stereocenters. The Morgan fingerprint density at radius 2 is 2.00 bits per heavy atom. The van der Waals surface area contributed by atoms with Crippen molar-refractivity contribution in [3.63, 3.8) is 0 Å². The van der Waals surface area contributed by atoms with E-state index in [2.05, 4.69) is 10.1 Å². The van der Waals surface area contributed by atoms with Crippen LogP contribution in [0.4, 0.5) is 13.2 Å². The van der Waals surface area contributed by atoms with Gasteiger partial charge in [0, 0.05) is 7.05 Å². The van der Waals surface area contributed by atoms with Gasteiger partial charge in [-0.3, -0.25) is 9.25 Å². The van der Waals surface area contributed by atoms with Gasteiger partial charge in [0.2, 0.25) is 0 Å². The van der Waals surface area contributed by atoms with Gasteiger partial charge in [0.25, 0.3) is 0 Å². The molecule has 8 heteroatoms. The molecule has 0 bridgehead atoms. The Morgan fingerprint density at radius 1 is 1.33 bits per heavy atom. The average Bonchev–Trinajstić information content (AvgIpc) is 3.04. The second kappa shape index (κ2) is 4.63. The third-order valence-electron chi connectivity index (χ3n) is 4.06. The molecule has 2 heterocycles. The molecule has 4 nitrogen and oxygen atoms in total. The number of aryl methyl sites for hydroxylation is 2. The molecule has 0 aliphatic heterocycles. The normalized spacial score (nSPS) is 17.6. The lowest BCUT2D eigenvalue weighted by Crippen LogP contribution is -2.36. The van der Waals surface area contributed by atoms with E-state index >= 15 is 0 Å². The van der Waals surface area contributed by atoms with Crippen LogP contribution in [0.1, 0.15) is 37.7 Å². The molecule has 0 amide bonds. The van der Waals surface area contributed by atoms with Crippen LogP contribution in [0.25, 0.3) is 11.2 Å². The highest BCUT2D eigenvalue weighted by Crippen LogP contribution is 2.57. The number of halogens is 4. The third-order valence-corrected chi connectivity index (χ3v) is 4.30. The van der Waals surface area contributed by atoms with Crippen LogP contribution in [0.5, 0.6) is 0 Å². The number of alkyl halides is 4. The average molecular weight is 321 g/mol. The fourth-order valence-corrected chi connectivity index (χ4v) is 3.10. The molecule has 1 aliphatic carbocycles. The number of rotatable bonds is 4. The van der Waals surface area contributed by atoms with Crippen molar-refractivity contribution in [2.75, 3.05) is 0 Å². The molecule has 0 spiro atoms. The van der Waals surface area contributed by atoms with Crippen LogP contribution in [-0.4, -0.2) is 25.5 Å². The van der Waals surface area contributed by atoms with E-state index in [4.69, 9.17) is 11.6 Å². The molecule has 0 aromatic carbocycles. The van der Waals surface area contributed by atoms with Crippen molar-refractivity contribution in [3.05, 3.63) is 11.5 Å². The van der Waals surface area contributed by atoms with Gasteiger partial charge in [-0.25, -0.2) is 4.98 Å². The molecule has 21 heavy (non-hydrogen) atoms. The highest BCUT2D eigenvalue weighted by atomic mass is 35.5. The van der Waals surface area contributed by atoms with Crippen LogP contribution in [0.15, 0.2) is 0 Å². The van der Waals surface area contributed by atoms with Gasteiger partial charge < -0.3 is 0 Å². The van der Waals surface area contributed by atoms with Crippen molar-refractivity contribution < 1.29 is 13.2 Å². The summed E-state index contributed by atoms with van der Waals surface area (Å²) in [6, 6.07) is 0. The Labute approximate surface area is 124 Å². The number of nitrogens with zero attached hydrogens (tertiary/aromatic N) is 4. The van der Waals surface area contributed by atoms with Crippen LogP contribution in [0, 0.1) is 0 Å². The Balaban J connectivity index is 2.27. The summed E-state index contributed by atoms with van der Waals surface area (Å²) < 4.78 is 43.2. The highest BCUT2D eigenvalue weighted by Gasteiger charge is 2.66. The fraction of sp³-hybridized carbons (Fsp3) is 0.692. The zero-order valence-corrected chi connectivity index (χ0v) is 12.6. The summed E-state index contributed by atoms with van der Waals surface area (Å²) in [4.78, 5) is 4.34. The SMILES string of the molecule is CCCc1nn(C)c2c1nc(CCl)n2C1(C(F)(F)F)CC1. The molecule has 116 valence electrons. The lowest BCUT2D eigenvalue weighted by molar-refractivity contribution is -0.179. The monoisotopic (exact) mass is 320 g/mol. The maximum Gasteiger partial charge on any atom is 0.412 e. The molecule has 1 aliphatic rings. The first-order chi connectivity index (χ1) is 9.85. The van der Waals surface area contributed by atoms with Crippen LogP contribution >= 0.6 is 11.6 Å². The standard InChI is InChI=1S/C13H16ClF3N4/c1-3-4-8-10-11(20(2)19-8)21(9(7-14)18-10)12(5-6-12)13(15,16)17/h3-7H2,1-2H3. The van der Waals surface area contributed by atoms with Crippen LogP contribution in [0.3, 0.4) is 0 Å². The lowest BCUT2D eigenvalue weighted by Gasteiger charge is -2.23. The number of fused-ring (bicyclic) bond motifs is 1. The summed E-state index contributed by atoms with van der Waals surface area (Å²) in [6.07, 6.45) is -2.62. The van der Waals surface area contributed by atoms with E-state index in [0.29, 0.717) is 17.6 Å². The first-order valence-corrected chi connectivity index (χ1v) is 7.45. The topological polar surface area (TPSA) is 35.6 Å². The molecule has 0 N–H and O–H groups in total. The Bertz CT molecular complexity index is 682. The molecule has 1 saturated carbocycles. The summed E-state index contributed by atoms with van der Waals surface area (Å²) in [7, 11) is 1.66. The van der Waals surface area contributed by atoms with Gasteiger partial charge in [0.05, 0.1) is 11.6 Å². The molecular formula is C13H16ClF3N4. The summed E-state index contributed by atoms with van der Waals surface area (Å²) in [6.45, 7) is 2.00. The van der Waals surface area contributed by atoms with Gasteiger partial charge in [-0.05, 0) is 19.3 Å². The minimum atomic E-state index is -4.31. The van der Waals surface area contributed by atoms with Crippen molar-refractivity contribution in [2.45, 2.75) is 50.2 Å². The molecule has 1 fully saturated rings. The van der Waals surface area contributed by atoms with Crippen molar-refractivity contribution in [3.8, 4) is 0 Å². The summed E-state index contributed by atoms with van der Waals surface area (Å²) in [5, 5.41) is 4.32. The van der Waals surface area contributed by atoms with Crippen molar-refractivity contribution in [1.29, 1.82) is 0 Å². The van der Waals surface area contributed by atoms with E-state index in [0.717, 1.165) is 12.1 Å². The largest absolute Gasteiger partial charge is 0.412 e. The summed E-state index contributed by atoms with van der Waals surface area (Å²) in [5.74, 6) is 0.227. The summed E-state index contributed by atoms with van der Waals surface area (Å²) >= 11 is 5.85. The fourth-order valence-electron chi connectivity index (χ4n) is 2.92. The van der Waals surface area contributed by atoms with Crippen molar-refractivity contribution in [2.24, 2.45) is 7.05 Å². The lowest BCUT2D eigenvalue weighted by atomic mass is 10.2. The highest BCUT2D eigenvalue weighted by molar-refractivity contribution is 6.16. The number of hydrogen-bond donors (Lipinski definition) is 0. The number of hydrogen-bond acceptors (Lipinski definition) is 2. The molecular weight excluding hydrogens is 305 g/mol. The Morgan fingerprint density at radius 3 is 2.48 bits per heavy atom. The van der Waals surface area contributed by atoms with E-state index in [1.807, 2.05) is 6.92 Å². The van der Waals surface area contributed by atoms with Gasteiger partial charge in [-0.1, -0.05) is 13.3 Å².